The topological polar surface area (TPSA) is 29.1 Å². The van der Waals surface area contributed by atoms with Crippen molar-refractivity contribution in [3.05, 3.63) is 35.9 Å². The van der Waals surface area contributed by atoms with E-state index in [2.05, 4.69) is 19.2 Å². The summed E-state index contributed by atoms with van der Waals surface area (Å²) >= 11 is 6.18. The molecular weight excluding hydrogens is 246 g/mol. The molecule has 1 N–H and O–H groups in total. The third-order valence-electron chi connectivity index (χ3n) is 3.45. The number of carbonyl (C=O) groups is 1. The second-order valence-electron chi connectivity index (χ2n) is 4.65. The molecule has 0 fully saturated rings. The zero-order chi connectivity index (χ0) is 13.5. The molecule has 0 aromatic heterocycles. The van der Waals surface area contributed by atoms with Crippen LogP contribution in [0.4, 0.5) is 0 Å². The van der Waals surface area contributed by atoms with Gasteiger partial charge < -0.3 is 5.32 Å². The van der Waals surface area contributed by atoms with E-state index in [4.69, 9.17) is 11.6 Å². The van der Waals surface area contributed by atoms with Crippen molar-refractivity contribution in [3.63, 3.8) is 0 Å². The van der Waals surface area contributed by atoms with Crippen LogP contribution in [0, 0.1) is 5.92 Å². The van der Waals surface area contributed by atoms with Crippen LogP contribution in [0.1, 0.15) is 44.6 Å². The molecule has 1 amide bonds. The van der Waals surface area contributed by atoms with E-state index in [1.54, 1.807) is 0 Å². The van der Waals surface area contributed by atoms with Gasteiger partial charge in [0.05, 0.1) is 0 Å². The number of hydrogen-bond acceptors (Lipinski definition) is 1. The molecule has 0 aliphatic rings. The molecule has 2 unspecified atom stereocenters. The molecule has 0 spiro atoms. The third-order valence-corrected chi connectivity index (χ3v) is 3.90. The first-order valence-corrected chi connectivity index (χ1v) is 7.03. The maximum atomic E-state index is 12.0. The largest absolute Gasteiger partial charge is 0.352 e. The molecule has 0 aliphatic carbocycles. The lowest BCUT2D eigenvalue weighted by atomic mass is 9.95. The SMILES string of the molecule is CCC(CC)C(C)NC(=O)C(Cl)c1ccccc1. The Hall–Kier alpha value is -1.02. The van der Waals surface area contributed by atoms with Crippen molar-refractivity contribution in [1.82, 2.24) is 5.32 Å². The number of nitrogens with one attached hydrogen (secondary N) is 1. The fourth-order valence-electron chi connectivity index (χ4n) is 2.18. The van der Waals surface area contributed by atoms with E-state index < -0.39 is 5.38 Å². The Kier molecular flexibility index (Phi) is 6.20. The van der Waals surface area contributed by atoms with Crippen LogP contribution in [0.25, 0.3) is 0 Å². The van der Waals surface area contributed by atoms with Crippen molar-refractivity contribution >= 4 is 17.5 Å². The minimum absolute atomic E-state index is 0.109. The molecule has 2 atom stereocenters. The predicted octanol–water partition coefficient (Wildman–Crippen LogP) is 3.91. The van der Waals surface area contributed by atoms with E-state index in [9.17, 15) is 4.79 Å². The first-order chi connectivity index (χ1) is 8.60. The smallest absolute Gasteiger partial charge is 0.242 e. The molecule has 1 rings (SSSR count). The molecule has 2 nitrogen and oxygen atoms in total. The number of amides is 1. The van der Waals surface area contributed by atoms with E-state index in [0.717, 1.165) is 18.4 Å². The van der Waals surface area contributed by atoms with E-state index in [1.165, 1.54) is 0 Å². The second-order valence-corrected chi connectivity index (χ2v) is 5.08. The third kappa shape index (κ3) is 4.02. The first-order valence-electron chi connectivity index (χ1n) is 6.59. The number of alkyl halides is 1. The minimum atomic E-state index is -0.608. The van der Waals surface area contributed by atoms with Crippen LogP contribution in [0.2, 0.25) is 0 Å². The summed E-state index contributed by atoms with van der Waals surface area (Å²) in [5.74, 6) is 0.399. The van der Waals surface area contributed by atoms with Crippen molar-refractivity contribution in [3.8, 4) is 0 Å². The number of rotatable bonds is 6. The average molecular weight is 268 g/mol. The van der Waals surface area contributed by atoms with Crippen molar-refractivity contribution < 1.29 is 4.79 Å². The molecule has 0 saturated carbocycles. The van der Waals surface area contributed by atoms with Gasteiger partial charge in [-0.25, -0.2) is 0 Å². The van der Waals surface area contributed by atoms with Gasteiger partial charge in [0, 0.05) is 6.04 Å². The van der Waals surface area contributed by atoms with Gasteiger partial charge in [-0.05, 0) is 18.4 Å². The highest BCUT2D eigenvalue weighted by Crippen LogP contribution is 2.21. The number of benzene rings is 1. The summed E-state index contributed by atoms with van der Waals surface area (Å²) in [4.78, 5) is 12.0. The van der Waals surface area contributed by atoms with Gasteiger partial charge in [-0.15, -0.1) is 11.6 Å². The van der Waals surface area contributed by atoms with E-state index in [1.807, 2.05) is 37.3 Å². The Morgan fingerprint density at radius 2 is 1.78 bits per heavy atom. The second kappa shape index (κ2) is 7.42. The molecule has 18 heavy (non-hydrogen) atoms. The zero-order valence-corrected chi connectivity index (χ0v) is 12.1. The van der Waals surface area contributed by atoms with Gasteiger partial charge in [0.15, 0.2) is 0 Å². The highest BCUT2D eigenvalue weighted by atomic mass is 35.5. The van der Waals surface area contributed by atoms with Crippen molar-refractivity contribution in [2.24, 2.45) is 5.92 Å². The Bertz CT molecular complexity index is 362. The van der Waals surface area contributed by atoms with Gasteiger partial charge in [0.2, 0.25) is 5.91 Å². The van der Waals surface area contributed by atoms with Crippen LogP contribution in [0.5, 0.6) is 0 Å². The summed E-state index contributed by atoms with van der Waals surface area (Å²) in [7, 11) is 0. The molecule has 0 radical (unpaired) electrons. The fourth-order valence-corrected chi connectivity index (χ4v) is 2.39. The maximum Gasteiger partial charge on any atom is 0.242 e. The van der Waals surface area contributed by atoms with E-state index in [-0.39, 0.29) is 11.9 Å². The van der Waals surface area contributed by atoms with Gasteiger partial charge in [-0.1, -0.05) is 57.0 Å². The molecule has 0 bridgehead atoms. The normalized spacial score (nSPS) is 14.3. The Morgan fingerprint density at radius 3 is 2.28 bits per heavy atom. The molecule has 1 aromatic rings. The lowest BCUT2D eigenvalue weighted by Crippen LogP contribution is -2.39. The van der Waals surface area contributed by atoms with Crippen molar-refractivity contribution in [2.75, 3.05) is 0 Å². The van der Waals surface area contributed by atoms with E-state index >= 15 is 0 Å². The molecule has 0 aliphatic heterocycles. The molecule has 100 valence electrons. The van der Waals surface area contributed by atoms with Crippen molar-refractivity contribution in [1.29, 1.82) is 0 Å². The Morgan fingerprint density at radius 1 is 1.22 bits per heavy atom. The number of hydrogen-bond donors (Lipinski definition) is 1. The van der Waals surface area contributed by atoms with Crippen LogP contribution in [-0.2, 0) is 4.79 Å². The van der Waals surface area contributed by atoms with Gasteiger partial charge in [0.1, 0.15) is 5.38 Å². The number of carbonyl (C=O) groups excluding carboxylic acids is 1. The highest BCUT2D eigenvalue weighted by molar-refractivity contribution is 6.30. The quantitative estimate of drug-likeness (QED) is 0.778. The predicted molar refractivity (Wildman–Crippen MR) is 76.7 cm³/mol. The zero-order valence-electron chi connectivity index (χ0n) is 11.3. The molecule has 1 aromatic carbocycles. The lowest BCUT2D eigenvalue weighted by Gasteiger charge is -2.23. The molecular formula is C15H22ClNO. The Labute approximate surface area is 115 Å². The molecule has 3 heteroatoms. The van der Waals surface area contributed by atoms with Crippen molar-refractivity contribution in [2.45, 2.75) is 45.0 Å². The monoisotopic (exact) mass is 267 g/mol. The summed E-state index contributed by atoms with van der Waals surface area (Å²) in [6.45, 7) is 6.34. The lowest BCUT2D eigenvalue weighted by molar-refractivity contribution is -0.121. The minimum Gasteiger partial charge on any atom is -0.352 e. The van der Waals surface area contributed by atoms with Gasteiger partial charge >= 0.3 is 0 Å². The van der Waals surface area contributed by atoms with Crippen LogP contribution < -0.4 is 5.32 Å². The highest BCUT2D eigenvalue weighted by Gasteiger charge is 2.21. The van der Waals surface area contributed by atoms with Crippen LogP contribution in [0.15, 0.2) is 30.3 Å². The van der Waals surface area contributed by atoms with Gasteiger partial charge in [-0.3, -0.25) is 4.79 Å². The molecule has 0 saturated heterocycles. The van der Waals surface area contributed by atoms with Gasteiger partial charge in [-0.2, -0.15) is 0 Å². The number of halogens is 1. The summed E-state index contributed by atoms with van der Waals surface area (Å²) < 4.78 is 0. The fraction of sp³-hybridized carbons (Fsp3) is 0.533. The summed E-state index contributed by atoms with van der Waals surface area (Å²) in [6.07, 6.45) is 2.13. The summed E-state index contributed by atoms with van der Waals surface area (Å²) in [5, 5.41) is 2.40. The Balaban J connectivity index is 2.60. The first kappa shape index (κ1) is 15.0. The van der Waals surface area contributed by atoms with Gasteiger partial charge in [0.25, 0.3) is 0 Å². The average Bonchev–Trinajstić information content (AvgIpc) is 2.40. The van der Waals surface area contributed by atoms with Crippen LogP contribution in [-0.4, -0.2) is 11.9 Å². The molecule has 0 heterocycles. The maximum absolute atomic E-state index is 12.0. The van der Waals surface area contributed by atoms with Crippen LogP contribution in [0.3, 0.4) is 0 Å². The van der Waals surface area contributed by atoms with E-state index in [0.29, 0.717) is 5.92 Å². The van der Waals surface area contributed by atoms with Crippen LogP contribution >= 0.6 is 11.6 Å². The summed E-state index contributed by atoms with van der Waals surface area (Å²) in [5.41, 5.74) is 0.841. The summed E-state index contributed by atoms with van der Waals surface area (Å²) in [6, 6.07) is 9.61. The standard InChI is InChI=1S/C15H22ClNO/c1-4-12(5-2)11(3)17-15(18)14(16)13-9-7-6-8-10-13/h6-12,14H,4-5H2,1-3H3,(H,17,18).